The van der Waals surface area contributed by atoms with E-state index in [1.54, 1.807) is 0 Å². The number of hydrogen-bond donors (Lipinski definition) is 6. The Bertz CT molecular complexity index is 1020. The molecule has 1 aliphatic carbocycles. The smallest absolute Gasteiger partial charge is 0.259 e. The van der Waals surface area contributed by atoms with Crippen LogP contribution in [-0.2, 0) is 11.8 Å². The minimum atomic E-state index is -1.58. The van der Waals surface area contributed by atoms with E-state index >= 15 is 0 Å². The summed E-state index contributed by atoms with van der Waals surface area (Å²) < 4.78 is 7.56. The van der Waals surface area contributed by atoms with E-state index in [1.807, 2.05) is 26.0 Å². The maximum atomic E-state index is 13.1. The SMILES string of the molecule is CC[C@@H](C)C[C@H](N)/C=C(\C)[C@H]1O[C@@H](c2c(O)c([C@@H]3[C@H](O)[C@H](O)[C@H](O)[C@@H]3O)cn(C)c2=O)CC=C1C. The van der Waals surface area contributed by atoms with Crippen LogP contribution in [0.3, 0.4) is 0 Å². The molecule has 1 aromatic heterocycles. The Morgan fingerprint density at radius 3 is 2.40 bits per heavy atom. The summed E-state index contributed by atoms with van der Waals surface area (Å²) >= 11 is 0. The van der Waals surface area contributed by atoms with Crippen molar-refractivity contribution in [2.24, 2.45) is 18.7 Å². The number of nitrogens with zero attached hydrogens (tertiary/aromatic N) is 1. The second kappa shape index (κ2) is 10.9. The molecule has 3 rings (SSSR count). The Labute approximate surface area is 206 Å². The van der Waals surface area contributed by atoms with Crippen molar-refractivity contribution in [3.05, 3.63) is 51.0 Å². The molecule has 1 fully saturated rings. The summed E-state index contributed by atoms with van der Waals surface area (Å²) in [7, 11) is 1.50. The average molecular weight is 493 g/mol. The molecule has 0 unspecified atom stereocenters. The third-order valence-electron chi connectivity index (χ3n) is 7.51. The lowest BCUT2D eigenvalue weighted by Crippen LogP contribution is -2.32. The van der Waals surface area contributed by atoms with Crippen LogP contribution < -0.4 is 11.3 Å². The molecular formula is C26H40N2O7. The first kappa shape index (κ1) is 27.6. The molecule has 9 nitrogen and oxygen atoms in total. The van der Waals surface area contributed by atoms with Gasteiger partial charge in [-0.25, -0.2) is 0 Å². The van der Waals surface area contributed by atoms with Gasteiger partial charge in [-0.1, -0.05) is 32.4 Å². The highest BCUT2D eigenvalue weighted by Gasteiger charge is 2.50. The van der Waals surface area contributed by atoms with Gasteiger partial charge in [-0.2, -0.15) is 0 Å². The first-order valence-corrected chi connectivity index (χ1v) is 12.3. The van der Waals surface area contributed by atoms with Gasteiger partial charge in [0, 0.05) is 30.8 Å². The molecular weight excluding hydrogens is 452 g/mol. The second-order valence-corrected chi connectivity index (χ2v) is 10.3. The van der Waals surface area contributed by atoms with E-state index in [9.17, 15) is 30.3 Å². The molecule has 1 aliphatic heterocycles. The fourth-order valence-electron chi connectivity index (χ4n) is 5.21. The molecule has 2 aliphatic rings. The second-order valence-electron chi connectivity index (χ2n) is 10.3. The lowest BCUT2D eigenvalue weighted by atomic mass is 9.89. The van der Waals surface area contributed by atoms with Crippen LogP contribution in [0, 0.1) is 5.92 Å². The van der Waals surface area contributed by atoms with Crippen molar-refractivity contribution in [1.29, 1.82) is 0 Å². The van der Waals surface area contributed by atoms with E-state index in [1.165, 1.54) is 17.8 Å². The maximum absolute atomic E-state index is 13.1. The van der Waals surface area contributed by atoms with Crippen LogP contribution in [-0.4, -0.2) is 66.7 Å². The van der Waals surface area contributed by atoms with Crippen LogP contribution in [0.25, 0.3) is 0 Å². The van der Waals surface area contributed by atoms with E-state index in [-0.39, 0.29) is 17.2 Å². The molecule has 1 aromatic rings. The molecule has 9 atom stereocenters. The fourth-order valence-corrected chi connectivity index (χ4v) is 5.21. The van der Waals surface area contributed by atoms with Gasteiger partial charge in [0.25, 0.3) is 5.56 Å². The van der Waals surface area contributed by atoms with Gasteiger partial charge in [0.15, 0.2) is 0 Å². The summed E-state index contributed by atoms with van der Waals surface area (Å²) in [5.41, 5.74) is 7.81. The number of aliphatic hydroxyl groups excluding tert-OH is 4. The molecule has 0 aromatic carbocycles. The number of aryl methyl sites for hydroxylation is 1. The zero-order valence-corrected chi connectivity index (χ0v) is 21.1. The molecule has 2 heterocycles. The number of hydrogen-bond acceptors (Lipinski definition) is 8. The zero-order chi connectivity index (χ0) is 26.2. The van der Waals surface area contributed by atoms with Gasteiger partial charge in [-0.3, -0.25) is 4.79 Å². The van der Waals surface area contributed by atoms with Crippen molar-refractivity contribution in [1.82, 2.24) is 4.57 Å². The summed E-state index contributed by atoms with van der Waals surface area (Å²) in [6, 6.07) is -0.130. The van der Waals surface area contributed by atoms with E-state index in [4.69, 9.17) is 10.5 Å². The van der Waals surface area contributed by atoms with Gasteiger partial charge >= 0.3 is 0 Å². The van der Waals surface area contributed by atoms with Crippen molar-refractivity contribution in [3.63, 3.8) is 0 Å². The zero-order valence-electron chi connectivity index (χ0n) is 21.1. The first-order valence-electron chi connectivity index (χ1n) is 12.3. The molecule has 196 valence electrons. The summed E-state index contributed by atoms with van der Waals surface area (Å²) in [5.74, 6) is -1.10. The summed E-state index contributed by atoms with van der Waals surface area (Å²) in [4.78, 5) is 13.1. The highest BCUT2D eigenvalue weighted by molar-refractivity contribution is 5.44. The third kappa shape index (κ3) is 5.40. The molecule has 0 radical (unpaired) electrons. The van der Waals surface area contributed by atoms with Crippen molar-refractivity contribution >= 4 is 0 Å². The Kier molecular flexibility index (Phi) is 8.62. The van der Waals surface area contributed by atoms with Gasteiger partial charge in [-0.15, -0.1) is 0 Å². The standard InChI is InChI=1S/C26H40N2O7/c1-6-12(2)9-15(27)10-14(4)25-13(3)7-8-17(35-25)19-20(29)16(11-28(5)26(19)34)18-21(30)23(32)24(33)22(18)31/h7,10-12,15,17-18,21-25,29-33H,6,8-9,27H2,1-5H3/b14-10+/t12-,15+,17-,18-,21+,22-,23+,24-,25+/m1/s1. The highest BCUT2D eigenvalue weighted by Crippen LogP contribution is 2.43. The van der Waals surface area contributed by atoms with E-state index in [2.05, 4.69) is 13.8 Å². The first-order chi connectivity index (χ1) is 16.4. The molecule has 7 N–H and O–H groups in total. The number of aromatic hydroxyl groups is 1. The average Bonchev–Trinajstić information content (AvgIpc) is 2.99. The lowest BCUT2D eigenvalue weighted by molar-refractivity contribution is -0.0413. The van der Waals surface area contributed by atoms with Crippen LogP contribution in [0.1, 0.15) is 70.1 Å². The molecule has 0 amide bonds. The van der Waals surface area contributed by atoms with Gasteiger partial charge in [-0.05, 0) is 43.8 Å². The summed E-state index contributed by atoms with van der Waals surface area (Å²) in [6.45, 7) is 8.16. The largest absolute Gasteiger partial charge is 0.507 e. The quantitative estimate of drug-likeness (QED) is 0.309. The predicted molar refractivity (Wildman–Crippen MR) is 132 cm³/mol. The molecule has 35 heavy (non-hydrogen) atoms. The fraction of sp³-hybridized carbons (Fsp3) is 0.654. The number of aliphatic hydroxyl groups is 4. The number of nitrogens with two attached hydrogens (primary N) is 1. The maximum Gasteiger partial charge on any atom is 0.259 e. The van der Waals surface area contributed by atoms with Gasteiger partial charge in [0.05, 0.1) is 30.0 Å². The molecule has 0 saturated heterocycles. The Morgan fingerprint density at radius 1 is 1.23 bits per heavy atom. The van der Waals surface area contributed by atoms with Crippen molar-refractivity contribution in [2.45, 2.75) is 95.5 Å². The number of ether oxygens (including phenoxy) is 1. The Morgan fingerprint density at radius 2 is 1.83 bits per heavy atom. The van der Waals surface area contributed by atoms with Crippen LogP contribution in [0.4, 0.5) is 0 Å². The Balaban J connectivity index is 1.96. The van der Waals surface area contributed by atoms with Crippen molar-refractivity contribution in [2.75, 3.05) is 0 Å². The normalized spacial score (nSPS) is 33.5. The van der Waals surface area contributed by atoms with Crippen LogP contribution in [0.5, 0.6) is 5.75 Å². The van der Waals surface area contributed by atoms with Gasteiger partial charge in [0.2, 0.25) is 0 Å². The minimum Gasteiger partial charge on any atom is -0.507 e. The Hall–Kier alpha value is -2.01. The van der Waals surface area contributed by atoms with Crippen LogP contribution >= 0.6 is 0 Å². The van der Waals surface area contributed by atoms with Crippen molar-refractivity contribution < 1.29 is 30.3 Å². The molecule has 0 bridgehead atoms. The van der Waals surface area contributed by atoms with E-state index in [0.717, 1.165) is 24.0 Å². The number of aromatic nitrogens is 1. The molecule has 0 spiro atoms. The van der Waals surface area contributed by atoms with Crippen LogP contribution in [0.15, 0.2) is 34.3 Å². The summed E-state index contributed by atoms with van der Waals surface area (Å²) in [5, 5.41) is 52.0. The monoisotopic (exact) mass is 492 g/mol. The summed E-state index contributed by atoms with van der Waals surface area (Å²) in [6.07, 6.45) is 0.105. The predicted octanol–water partition coefficient (Wildman–Crippen LogP) is 1.12. The lowest BCUT2D eigenvalue weighted by Gasteiger charge is -2.32. The molecule has 1 saturated carbocycles. The minimum absolute atomic E-state index is 0.00531. The third-order valence-corrected chi connectivity index (χ3v) is 7.51. The van der Waals surface area contributed by atoms with E-state index < -0.39 is 53.9 Å². The number of rotatable bonds is 7. The van der Waals surface area contributed by atoms with E-state index in [0.29, 0.717) is 12.3 Å². The topological polar surface area (TPSA) is 158 Å². The highest BCUT2D eigenvalue weighted by atomic mass is 16.5. The number of pyridine rings is 1. The van der Waals surface area contributed by atoms with Crippen LogP contribution in [0.2, 0.25) is 0 Å². The van der Waals surface area contributed by atoms with Crippen molar-refractivity contribution in [3.8, 4) is 5.75 Å². The van der Waals surface area contributed by atoms with Gasteiger partial charge in [0.1, 0.15) is 18.0 Å². The van der Waals surface area contributed by atoms with Gasteiger partial charge < -0.3 is 40.6 Å². The molecule has 9 heteroatoms.